The molecule has 0 aromatic carbocycles. The van der Waals surface area contributed by atoms with Crippen LogP contribution in [0.2, 0.25) is 0 Å². The predicted molar refractivity (Wildman–Crippen MR) is 59.4 cm³/mol. The molecule has 0 unspecified atom stereocenters. The molecule has 3 heteroatoms. The summed E-state index contributed by atoms with van der Waals surface area (Å²) in [5.41, 5.74) is 6.09. The summed E-state index contributed by atoms with van der Waals surface area (Å²) in [4.78, 5) is 2.41. The number of hydrogen-bond donors (Lipinski definition) is 1. The number of nitrogens with zero attached hydrogens (tertiary/aromatic N) is 1. The van der Waals surface area contributed by atoms with Crippen LogP contribution in [0.3, 0.4) is 0 Å². The van der Waals surface area contributed by atoms with Crippen LogP contribution in [0.5, 0.6) is 0 Å². The van der Waals surface area contributed by atoms with E-state index >= 15 is 0 Å². The van der Waals surface area contributed by atoms with Gasteiger partial charge in [0.05, 0.1) is 6.10 Å². The normalized spacial score (nSPS) is 31.9. The fraction of sp³-hybridized carbons (Fsp3) is 1.00. The third-order valence-corrected chi connectivity index (χ3v) is 3.37. The molecule has 0 aromatic rings. The molecule has 14 heavy (non-hydrogen) atoms. The van der Waals surface area contributed by atoms with Gasteiger partial charge in [-0.2, -0.15) is 0 Å². The van der Waals surface area contributed by atoms with Crippen molar-refractivity contribution in [3.05, 3.63) is 0 Å². The monoisotopic (exact) mass is 200 g/mol. The highest BCUT2D eigenvalue weighted by Gasteiger charge is 2.46. The van der Waals surface area contributed by atoms with Gasteiger partial charge in [-0.25, -0.2) is 0 Å². The molecule has 1 aliphatic carbocycles. The van der Waals surface area contributed by atoms with E-state index in [2.05, 4.69) is 25.8 Å². The topological polar surface area (TPSA) is 38.5 Å². The Kier molecular flexibility index (Phi) is 4.35. The first-order chi connectivity index (χ1) is 6.68. The van der Waals surface area contributed by atoms with E-state index in [9.17, 15) is 0 Å². The maximum atomic E-state index is 5.86. The predicted octanol–water partition coefficient (Wildman–Crippen LogP) is 1.22. The second-order valence-corrected chi connectivity index (χ2v) is 4.34. The Balaban J connectivity index is 2.39. The summed E-state index contributed by atoms with van der Waals surface area (Å²) >= 11 is 0. The van der Waals surface area contributed by atoms with Crippen LogP contribution in [-0.2, 0) is 4.74 Å². The number of ether oxygens (including phenoxy) is 1. The zero-order valence-electron chi connectivity index (χ0n) is 9.75. The van der Waals surface area contributed by atoms with E-state index in [0.29, 0.717) is 6.10 Å². The molecule has 0 bridgehead atoms. The van der Waals surface area contributed by atoms with Crippen molar-refractivity contribution in [1.29, 1.82) is 0 Å². The minimum absolute atomic E-state index is 0.232. The summed E-state index contributed by atoms with van der Waals surface area (Å²) in [5.74, 6) is 0. The molecule has 0 aromatic heterocycles. The van der Waals surface area contributed by atoms with Crippen molar-refractivity contribution in [2.45, 2.75) is 44.8 Å². The Labute approximate surface area is 87.6 Å². The molecule has 0 saturated heterocycles. The summed E-state index contributed by atoms with van der Waals surface area (Å²) in [7, 11) is 2.18. The van der Waals surface area contributed by atoms with Gasteiger partial charge in [0, 0.05) is 18.7 Å². The fourth-order valence-corrected chi connectivity index (χ4v) is 2.35. The van der Waals surface area contributed by atoms with Crippen LogP contribution in [-0.4, -0.2) is 43.3 Å². The highest BCUT2D eigenvalue weighted by atomic mass is 16.5. The molecular weight excluding hydrogens is 176 g/mol. The van der Waals surface area contributed by atoms with Gasteiger partial charge in [0.15, 0.2) is 0 Å². The maximum absolute atomic E-state index is 5.86. The molecule has 84 valence electrons. The third kappa shape index (κ3) is 2.27. The Morgan fingerprint density at radius 3 is 2.50 bits per heavy atom. The standard InChI is InChI=1S/C11H24N2O/c1-4-6-13(3)11(9-12)7-10(8-11)14-5-2/h10H,4-9,12H2,1-3H3. The largest absolute Gasteiger partial charge is 0.378 e. The first-order valence-corrected chi connectivity index (χ1v) is 5.71. The van der Waals surface area contributed by atoms with E-state index in [-0.39, 0.29) is 5.54 Å². The minimum atomic E-state index is 0.232. The molecule has 3 nitrogen and oxygen atoms in total. The molecular formula is C11H24N2O. The SMILES string of the molecule is CCCN(C)C1(CN)CC(OCC)C1. The Morgan fingerprint density at radius 2 is 2.07 bits per heavy atom. The van der Waals surface area contributed by atoms with Crippen LogP contribution >= 0.6 is 0 Å². The lowest BCUT2D eigenvalue weighted by Gasteiger charge is -2.52. The van der Waals surface area contributed by atoms with Gasteiger partial charge < -0.3 is 10.5 Å². The summed E-state index contributed by atoms with van der Waals surface area (Å²) in [5, 5.41) is 0. The molecule has 2 N–H and O–H groups in total. The van der Waals surface area contributed by atoms with Crippen LogP contribution in [0.15, 0.2) is 0 Å². The van der Waals surface area contributed by atoms with Crippen molar-refractivity contribution in [3.8, 4) is 0 Å². The van der Waals surface area contributed by atoms with E-state index in [1.165, 1.54) is 6.42 Å². The van der Waals surface area contributed by atoms with E-state index in [1.807, 2.05) is 0 Å². The summed E-state index contributed by atoms with van der Waals surface area (Å²) in [6.45, 7) is 6.98. The molecule has 0 atom stereocenters. The van der Waals surface area contributed by atoms with Crippen molar-refractivity contribution in [3.63, 3.8) is 0 Å². The van der Waals surface area contributed by atoms with Crippen molar-refractivity contribution in [1.82, 2.24) is 4.90 Å². The average molecular weight is 200 g/mol. The van der Waals surface area contributed by atoms with Crippen LogP contribution in [0.4, 0.5) is 0 Å². The van der Waals surface area contributed by atoms with E-state index in [1.54, 1.807) is 0 Å². The number of likely N-dealkylation sites (N-methyl/N-ethyl adjacent to an activating group) is 1. The van der Waals surface area contributed by atoms with Gasteiger partial charge in [0.1, 0.15) is 0 Å². The lowest BCUT2D eigenvalue weighted by Crippen LogP contribution is -2.62. The van der Waals surface area contributed by atoms with Gasteiger partial charge in [0.2, 0.25) is 0 Å². The summed E-state index contributed by atoms with van der Waals surface area (Å²) in [6, 6.07) is 0. The van der Waals surface area contributed by atoms with Crippen LogP contribution in [0.25, 0.3) is 0 Å². The quantitative estimate of drug-likeness (QED) is 0.701. The van der Waals surface area contributed by atoms with E-state index < -0.39 is 0 Å². The average Bonchev–Trinajstić information content (AvgIpc) is 2.11. The summed E-state index contributed by atoms with van der Waals surface area (Å²) < 4.78 is 5.58. The molecule has 1 fully saturated rings. The minimum Gasteiger partial charge on any atom is -0.378 e. The highest BCUT2D eigenvalue weighted by Crippen LogP contribution is 2.38. The number of nitrogens with two attached hydrogens (primary N) is 1. The number of rotatable bonds is 6. The first kappa shape index (κ1) is 12.0. The Bertz CT molecular complexity index is 167. The molecule has 1 saturated carbocycles. The second kappa shape index (κ2) is 5.10. The van der Waals surface area contributed by atoms with Gasteiger partial charge in [0.25, 0.3) is 0 Å². The lowest BCUT2D eigenvalue weighted by atomic mass is 9.73. The smallest absolute Gasteiger partial charge is 0.0611 e. The summed E-state index contributed by atoms with van der Waals surface area (Å²) in [6.07, 6.45) is 3.85. The van der Waals surface area contributed by atoms with Crippen molar-refractivity contribution < 1.29 is 4.74 Å². The van der Waals surface area contributed by atoms with Crippen molar-refractivity contribution in [2.24, 2.45) is 5.73 Å². The fourth-order valence-electron chi connectivity index (χ4n) is 2.35. The highest BCUT2D eigenvalue weighted by molar-refractivity contribution is 5.03. The molecule has 0 aliphatic heterocycles. The van der Waals surface area contributed by atoms with E-state index in [0.717, 1.165) is 32.5 Å². The Morgan fingerprint density at radius 1 is 1.43 bits per heavy atom. The van der Waals surface area contributed by atoms with Crippen molar-refractivity contribution >= 4 is 0 Å². The van der Waals surface area contributed by atoms with Gasteiger partial charge >= 0.3 is 0 Å². The molecule has 0 spiro atoms. The molecule has 0 amide bonds. The van der Waals surface area contributed by atoms with Crippen LogP contribution in [0.1, 0.15) is 33.1 Å². The first-order valence-electron chi connectivity index (χ1n) is 5.71. The van der Waals surface area contributed by atoms with E-state index in [4.69, 9.17) is 10.5 Å². The van der Waals surface area contributed by atoms with Gasteiger partial charge in [-0.05, 0) is 39.8 Å². The van der Waals surface area contributed by atoms with Gasteiger partial charge in [-0.3, -0.25) is 4.90 Å². The molecule has 0 heterocycles. The van der Waals surface area contributed by atoms with Crippen LogP contribution in [0, 0.1) is 0 Å². The molecule has 0 radical (unpaired) electrons. The molecule has 1 rings (SSSR count). The lowest BCUT2D eigenvalue weighted by molar-refractivity contribution is -0.0920. The van der Waals surface area contributed by atoms with Crippen molar-refractivity contribution in [2.75, 3.05) is 26.7 Å². The van der Waals surface area contributed by atoms with Crippen LogP contribution < -0.4 is 5.73 Å². The van der Waals surface area contributed by atoms with Gasteiger partial charge in [-0.15, -0.1) is 0 Å². The maximum Gasteiger partial charge on any atom is 0.0611 e. The zero-order valence-corrected chi connectivity index (χ0v) is 9.75. The zero-order chi connectivity index (χ0) is 10.6. The van der Waals surface area contributed by atoms with Gasteiger partial charge in [-0.1, -0.05) is 6.92 Å². The second-order valence-electron chi connectivity index (χ2n) is 4.34. The Hall–Kier alpha value is -0.120. The molecule has 1 aliphatic rings. The third-order valence-electron chi connectivity index (χ3n) is 3.37. The number of hydrogen-bond acceptors (Lipinski definition) is 3.